The molecule has 0 bridgehead atoms. The Balaban J connectivity index is 1.50. The molecule has 1 aliphatic heterocycles. The van der Waals surface area contributed by atoms with Gasteiger partial charge in [-0.15, -0.1) is 0 Å². The highest BCUT2D eigenvalue weighted by molar-refractivity contribution is 6.30. The zero-order chi connectivity index (χ0) is 23.5. The van der Waals surface area contributed by atoms with Crippen molar-refractivity contribution in [3.63, 3.8) is 0 Å². The number of benzene rings is 4. The minimum atomic E-state index is 0.163. The van der Waals surface area contributed by atoms with E-state index in [0.29, 0.717) is 0 Å². The number of methoxy groups -OCH3 is 2. The van der Waals surface area contributed by atoms with E-state index in [9.17, 15) is 0 Å². The summed E-state index contributed by atoms with van der Waals surface area (Å²) in [6, 6.07) is 32.2. The van der Waals surface area contributed by atoms with Crippen molar-refractivity contribution in [2.45, 2.75) is 19.0 Å². The van der Waals surface area contributed by atoms with Gasteiger partial charge in [-0.25, -0.2) is 0 Å². The second-order valence-electron chi connectivity index (χ2n) is 8.79. The van der Waals surface area contributed by atoms with Crippen LogP contribution in [-0.2, 0) is 13.0 Å². The van der Waals surface area contributed by atoms with Gasteiger partial charge < -0.3 is 14.4 Å². The summed E-state index contributed by atoms with van der Waals surface area (Å²) in [7, 11) is 3.39. The smallest absolute Gasteiger partial charge is 0.161 e. The van der Waals surface area contributed by atoms with E-state index in [0.717, 1.165) is 36.0 Å². The van der Waals surface area contributed by atoms with Gasteiger partial charge in [-0.3, -0.25) is 0 Å². The van der Waals surface area contributed by atoms with Gasteiger partial charge in [-0.2, -0.15) is 0 Å². The fourth-order valence-corrected chi connectivity index (χ4v) is 5.28. The second kappa shape index (κ2) is 9.92. The van der Waals surface area contributed by atoms with Crippen molar-refractivity contribution in [3.05, 3.63) is 118 Å². The number of ether oxygens (including phenoxy) is 2. The van der Waals surface area contributed by atoms with Crippen LogP contribution in [0.25, 0.3) is 11.1 Å². The molecule has 3 nitrogen and oxygen atoms in total. The molecule has 0 amide bonds. The van der Waals surface area contributed by atoms with Crippen molar-refractivity contribution < 1.29 is 14.4 Å². The van der Waals surface area contributed by atoms with Crippen LogP contribution in [0.15, 0.2) is 91.0 Å². The normalized spacial score (nSPS) is 17.1. The summed E-state index contributed by atoms with van der Waals surface area (Å²) >= 11 is 6.43. The van der Waals surface area contributed by atoms with E-state index in [1.165, 1.54) is 38.3 Å². The van der Waals surface area contributed by atoms with Gasteiger partial charge >= 0.3 is 0 Å². The topological polar surface area (TPSA) is 22.9 Å². The molecule has 34 heavy (non-hydrogen) atoms. The molecular formula is C30H29ClNO2+. The minimum Gasteiger partial charge on any atom is -0.493 e. The first-order valence-electron chi connectivity index (χ1n) is 11.7. The molecule has 2 atom stereocenters. The maximum atomic E-state index is 6.43. The van der Waals surface area contributed by atoms with Gasteiger partial charge in [0.2, 0.25) is 0 Å². The molecule has 0 aliphatic carbocycles. The Bertz CT molecular complexity index is 1270. The maximum absolute atomic E-state index is 6.43. The molecular weight excluding hydrogens is 442 g/mol. The summed E-state index contributed by atoms with van der Waals surface area (Å²) in [5, 5.41) is 0.761. The summed E-state index contributed by atoms with van der Waals surface area (Å²) in [6.07, 6.45) is 0.990. The summed E-state index contributed by atoms with van der Waals surface area (Å²) in [5.41, 5.74) is 7.62. The molecule has 172 valence electrons. The largest absolute Gasteiger partial charge is 0.493 e. The first-order chi connectivity index (χ1) is 16.7. The van der Waals surface area contributed by atoms with Crippen LogP contribution in [0.5, 0.6) is 11.5 Å². The van der Waals surface area contributed by atoms with Crippen LogP contribution in [0.4, 0.5) is 0 Å². The van der Waals surface area contributed by atoms with E-state index in [1.54, 1.807) is 14.2 Å². The van der Waals surface area contributed by atoms with Gasteiger partial charge in [0.25, 0.3) is 0 Å². The molecule has 1 N–H and O–H groups in total. The lowest BCUT2D eigenvalue weighted by Crippen LogP contribution is -3.12. The van der Waals surface area contributed by atoms with Crippen molar-refractivity contribution in [2.75, 3.05) is 20.8 Å². The molecule has 0 saturated heterocycles. The van der Waals surface area contributed by atoms with Crippen LogP contribution >= 0.6 is 11.6 Å². The number of nitrogens with one attached hydrogen (secondary N) is 1. The molecule has 0 radical (unpaired) electrons. The van der Waals surface area contributed by atoms with Gasteiger partial charge in [0.1, 0.15) is 12.6 Å². The molecule has 1 aliphatic rings. The Kier molecular flexibility index (Phi) is 6.57. The molecule has 1 heterocycles. The maximum Gasteiger partial charge on any atom is 0.161 e. The van der Waals surface area contributed by atoms with Crippen molar-refractivity contribution in [3.8, 4) is 22.6 Å². The summed E-state index contributed by atoms with van der Waals surface area (Å²) < 4.78 is 11.2. The monoisotopic (exact) mass is 470 g/mol. The first kappa shape index (κ1) is 22.5. The number of halogens is 1. The predicted octanol–water partition coefficient (Wildman–Crippen LogP) is 5.75. The lowest BCUT2D eigenvalue weighted by atomic mass is 9.87. The van der Waals surface area contributed by atoms with Crippen LogP contribution in [0.1, 0.15) is 28.3 Å². The Morgan fingerprint density at radius 2 is 1.50 bits per heavy atom. The van der Waals surface area contributed by atoms with Crippen molar-refractivity contribution in [2.24, 2.45) is 0 Å². The zero-order valence-corrected chi connectivity index (χ0v) is 20.3. The number of fused-ring (bicyclic) bond motifs is 1. The summed E-state index contributed by atoms with van der Waals surface area (Å²) in [5.74, 6) is 1.55. The van der Waals surface area contributed by atoms with E-state index in [4.69, 9.17) is 21.1 Å². The van der Waals surface area contributed by atoms with E-state index >= 15 is 0 Å². The Labute approximate surface area is 206 Å². The number of hydrogen-bond donors (Lipinski definition) is 1. The average Bonchev–Trinajstić information content (AvgIpc) is 2.88. The van der Waals surface area contributed by atoms with E-state index < -0.39 is 0 Å². The van der Waals surface area contributed by atoms with Crippen LogP contribution in [0.3, 0.4) is 0 Å². The fraction of sp³-hybridized carbons (Fsp3) is 0.200. The van der Waals surface area contributed by atoms with Gasteiger partial charge in [0.15, 0.2) is 11.5 Å². The van der Waals surface area contributed by atoms with Crippen LogP contribution in [0, 0.1) is 0 Å². The molecule has 0 aromatic heterocycles. The number of rotatable bonds is 6. The van der Waals surface area contributed by atoms with Crippen LogP contribution in [-0.4, -0.2) is 20.8 Å². The van der Waals surface area contributed by atoms with Crippen molar-refractivity contribution >= 4 is 11.6 Å². The third-order valence-corrected chi connectivity index (χ3v) is 6.99. The Morgan fingerprint density at radius 1 is 0.794 bits per heavy atom. The third-order valence-electron chi connectivity index (χ3n) is 6.75. The predicted molar refractivity (Wildman–Crippen MR) is 138 cm³/mol. The number of quaternary nitrogens is 1. The highest BCUT2D eigenvalue weighted by Gasteiger charge is 2.34. The van der Waals surface area contributed by atoms with E-state index in [2.05, 4.69) is 78.9 Å². The molecule has 4 heteroatoms. The standard InChI is InChI=1S/C30H28ClNO2/c1-33-28-18-24-15-16-32(20-21-11-13-23(14-12-21)22-7-4-3-5-8-22)30(27(24)19-29(28)34-2)25-9-6-10-26(31)17-25/h3-14,17-19,30H,15-16,20H2,1-2H3/p+1/t30-/m1/s1. The molecule has 0 spiro atoms. The van der Waals surface area contributed by atoms with Gasteiger partial charge in [0, 0.05) is 28.1 Å². The van der Waals surface area contributed by atoms with Crippen molar-refractivity contribution in [1.82, 2.24) is 0 Å². The summed E-state index contributed by atoms with van der Waals surface area (Å²) in [6.45, 7) is 1.96. The third kappa shape index (κ3) is 4.54. The molecule has 5 rings (SSSR count). The average molecular weight is 471 g/mol. The van der Waals surface area contributed by atoms with E-state index in [1.807, 2.05) is 12.1 Å². The van der Waals surface area contributed by atoms with Crippen molar-refractivity contribution in [1.29, 1.82) is 0 Å². The zero-order valence-electron chi connectivity index (χ0n) is 19.6. The van der Waals surface area contributed by atoms with Gasteiger partial charge in [0.05, 0.1) is 20.8 Å². The molecule has 0 saturated carbocycles. The number of hydrogen-bond acceptors (Lipinski definition) is 2. The summed E-state index contributed by atoms with van der Waals surface area (Å²) in [4.78, 5) is 1.49. The fourth-order valence-electron chi connectivity index (χ4n) is 5.08. The molecule has 1 unspecified atom stereocenters. The molecule has 0 fully saturated rings. The second-order valence-corrected chi connectivity index (χ2v) is 9.23. The minimum absolute atomic E-state index is 0.163. The lowest BCUT2D eigenvalue weighted by molar-refractivity contribution is -0.941. The Morgan fingerprint density at radius 3 is 2.21 bits per heavy atom. The quantitative estimate of drug-likeness (QED) is 0.387. The van der Waals surface area contributed by atoms with E-state index in [-0.39, 0.29) is 6.04 Å². The van der Waals surface area contributed by atoms with Crippen LogP contribution in [0.2, 0.25) is 5.02 Å². The SMILES string of the molecule is COc1cc2c(cc1OC)[C@@H](c1cccc(Cl)c1)[NH+](Cc1ccc(-c3ccccc3)cc1)CC2. The first-order valence-corrected chi connectivity index (χ1v) is 12.0. The molecule has 4 aromatic carbocycles. The van der Waals surface area contributed by atoms with Gasteiger partial charge in [-0.05, 0) is 41.0 Å². The highest BCUT2D eigenvalue weighted by atomic mass is 35.5. The highest BCUT2D eigenvalue weighted by Crippen LogP contribution is 2.36. The van der Waals surface area contributed by atoms with Crippen LogP contribution < -0.4 is 14.4 Å². The lowest BCUT2D eigenvalue weighted by Gasteiger charge is -2.35. The van der Waals surface area contributed by atoms with Gasteiger partial charge in [-0.1, -0.05) is 78.3 Å². The Hall–Kier alpha value is -3.27. The molecule has 4 aromatic rings.